The summed E-state index contributed by atoms with van der Waals surface area (Å²) >= 11 is 0. The van der Waals surface area contributed by atoms with Crippen molar-refractivity contribution in [2.75, 3.05) is 31.5 Å². The third-order valence-electron chi connectivity index (χ3n) is 5.28. The third-order valence-corrected chi connectivity index (χ3v) is 7.22. The number of rotatable bonds is 6. The van der Waals surface area contributed by atoms with Gasteiger partial charge in [-0.15, -0.1) is 0 Å². The number of carbonyl (C=O) groups excluding carboxylic acids is 1. The Balaban J connectivity index is 1.59. The van der Waals surface area contributed by atoms with Crippen LogP contribution in [0.15, 0.2) is 53.4 Å². The lowest BCUT2D eigenvalue weighted by molar-refractivity contribution is -0.121. The molecular formula is C21H26FN3O3S. The number of anilines is 1. The van der Waals surface area contributed by atoms with Gasteiger partial charge in [0.05, 0.1) is 6.04 Å². The molecule has 1 unspecified atom stereocenters. The molecule has 0 aliphatic carbocycles. The molecule has 29 heavy (non-hydrogen) atoms. The molecule has 1 atom stereocenters. The first-order valence-electron chi connectivity index (χ1n) is 9.71. The number of hydrogen-bond donors (Lipinski definition) is 1. The van der Waals surface area contributed by atoms with Gasteiger partial charge in [0.15, 0.2) is 0 Å². The maximum atomic E-state index is 13.9. The maximum absolute atomic E-state index is 13.9. The van der Waals surface area contributed by atoms with Crippen LogP contribution in [0.4, 0.5) is 10.1 Å². The first kappa shape index (κ1) is 21.4. The van der Waals surface area contributed by atoms with Crippen molar-refractivity contribution in [3.63, 3.8) is 0 Å². The minimum atomic E-state index is -3.89. The Labute approximate surface area is 171 Å². The SMILES string of the molecule is CCc1ccc(NC(=O)C(C)N2CCN(S(=O)(=O)c3ccccc3F)CC2)cc1. The lowest BCUT2D eigenvalue weighted by Crippen LogP contribution is -2.54. The molecule has 0 spiro atoms. The van der Waals surface area contributed by atoms with E-state index in [2.05, 4.69) is 12.2 Å². The van der Waals surface area contributed by atoms with Gasteiger partial charge >= 0.3 is 0 Å². The molecule has 0 saturated carbocycles. The van der Waals surface area contributed by atoms with Crippen LogP contribution in [0.3, 0.4) is 0 Å². The van der Waals surface area contributed by atoms with E-state index < -0.39 is 21.9 Å². The summed E-state index contributed by atoms with van der Waals surface area (Å²) in [6.07, 6.45) is 0.935. The van der Waals surface area contributed by atoms with Crippen LogP contribution in [0.5, 0.6) is 0 Å². The van der Waals surface area contributed by atoms with Gasteiger partial charge in [-0.2, -0.15) is 4.31 Å². The average Bonchev–Trinajstić information content (AvgIpc) is 2.74. The number of piperazine rings is 1. The van der Waals surface area contributed by atoms with Crippen molar-refractivity contribution < 1.29 is 17.6 Å². The fourth-order valence-corrected chi connectivity index (χ4v) is 4.85. The fraction of sp³-hybridized carbons (Fsp3) is 0.381. The maximum Gasteiger partial charge on any atom is 0.246 e. The molecule has 3 rings (SSSR count). The number of nitrogens with one attached hydrogen (secondary N) is 1. The van der Waals surface area contributed by atoms with E-state index in [1.165, 1.54) is 28.1 Å². The van der Waals surface area contributed by atoms with E-state index in [1.54, 1.807) is 6.92 Å². The number of benzene rings is 2. The number of aryl methyl sites for hydroxylation is 1. The van der Waals surface area contributed by atoms with Gasteiger partial charge in [0.2, 0.25) is 15.9 Å². The molecule has 0 aromatic heterocycles. The van der Waals surface area contributed by atoms with Crippen molar-refractivity contribution in [2.24, 2.45) is 0 Å². The van der Waals surface area contributed by atoms with Gasteiger partial charge in [-0.1, -0.05) is 31.2 Å². The predicted molar refractivity (Wildman–Crippen MR) is 111 cm³/mol. The van der Waals surface area contributed by atoms with Crippen molar-refractivity contribution >= 4 is 21.6 Å². The summed E-state index contributed by atoms with van der Waals surface area (Å²) in [5, 5.41) is 2.90. The molecule has 1 saturated heterocycles. The van der Waals surface area contributed by atoms with E-state index in [1.807, 2.05) is 29.2 Å². The van der Waals surface area contributed by atoms with Crippen molar-refractivity contribution in [2.45, 2.75) is 31.2 Å². The molecule has 6 nitrogen and oxygen atoms in total. The molecule has 8 heteroatoms. The lowest BCUT2D eigenvalue weighted by atomic mass is 10.1. The molecule has 1 N–H and O–H groups in total. The average molecular weight is 420 g/mol. The molecular weight excluding hydrogens is 393 g/mol. The summed E-state index contributed by atoms with van der Waals surface area (Å²) in [4.78, 5) is 14.2. The highest BCUT2D eigenvalue weighted by molar-refractivity contribution is 7.89. The van der Waals surface area contributed by atoms with Crippen molar-refractivity contribution in [3.05, 3.63) is 59.9 Å². The Morgan fingerprint density at radius 2 is 1.69 bits per heavy atom. The van der Waals surface area contributed by atoms with E-state index in [0.717, 1.165) is 18.2 Å². The van der Waals surface area contributed by atoms with Crippen LogP contribution in [-0.2, 0) is 21.2 Å². The predicted octanol–water partition coefficient (Wildman–Crippen LogP) is 2.72. The first-order valence-corrected chi connectivity index (χ1v) is 11.2. The number of hydrogen-bond acceptors (Lipinski definition) is 4. The van der Waals surface area contributed by atoms with Crippen LogP contribution in [0.2, 0.25) is 0 Å². The highest BCUT2D eigenvalue weighted by Gasteiger charge is 2.33. The molecule has 0 bridgehead atoms. The number of amides is 1. The zero-order valence-corrected chi connectivity index (χ0v) is 17.5. The van der Waals surface area contributed by atoms with Gasteiger partial charge in [0, 0.05) is 31.9 Å². The molecule has 1 fully saturated rings. The van der Waals surface area contributed by atoms with Crippen molar-refractivity contribution in [3.8, 4) is 0 Å². The van der Waals surface area contributed by atoms with Gasteiger partial charge in [-0.05, 0) is 43.2 Å². The lowest BCUT2D eigenvalue weighted by Gasteiger charge is -2.36. The second kappa shape index (κ2) is 9.02. The summed E-state index contributed by atoms with van der Waals surface area (Å²) in [5.74, 6) is -0.892. The van der Waals surface area contributed by atoms with E-state index in [4.69, 9.17) is 0 Å². The minimum Gasteiger partial charge on any atom is -0.325 e. The Bertz CT molecular complexity index is 955. The van der Waals surface area contributed by atoms with Crippen LogP contribution in [0, 0.1) is 5.82 Å². The van der Waals surface area contributed by atoms with Gasteiger partial charge in [0.25, 0.3) is 0 Å². The summed E-state index contributed by atoms with van der Waals surface area (Å²) in [6, 6.07) is 12.7. The molecule has 2 aromatic rings. The smallest absolute Gasteiger partial charge is 0.246 e. The van der Waals surface area contributed by atoms with Crippen LogP contribution < -0.4 is 5.32 Å². The van der Waals surface area contributed by atoms with Crippen LogP contribution >= 0.6 is 0 Å². The van der Waals surface area contributed by atoms with E-state index in [0.29, 0.717) is 13.1 Å². The number of nitrogens with zero attached hydrogens (tertiary/aromatic N) is 2. The van der Waals surface area contributed by atoms with Gasteiger partial charge in [-0.25, -0.2) is 12.8 Å². The molecule has 1 amide bonds. The van der Waals surface area contributed by atoms with E-state index in [9.17, 15) is 17.6 Å². The summed E-state index contributed by atoms with van der Waals surface area (Å²) in [6.45, 7) is 5.09. The highest BCUT2D eigenvalue weighted by Crippen LogP contribution is 2.21. The van der Waals surface area contributed by atoms with Gasteiger partial charge < -0.3 is 5.32 Å². The van der Waals surface area contributed by atoms with Crippen molar-refractivity contribution in [1.29, 1.82) is 0 Å². The molecule has 156 valence electrons. The normalized spacial score (nSPS) is 17.1. The second-order valence-corrected chi connectivity index (χ2v) is 8.99. The quantitative estimate of drug-likeness (QED) is 0.782. The molecule has 0 radical (unpaired) electrons. The minimum absolute atomic E-state index is 0.139. The second-order valence-electron chi connectivity index (χ2n) is 7.09. The highest BCUT2D eigenvalue weighted by atomic mass is 32.2. The van der Waals surface area contributed by atoms with Crippen LogP contribution in [0.25, 0.3) is 0 Å². The number of sulfonamides is 1. The van der Waals surface area contributed by atoms with Crippen LogP contribution in [-0.4, -0.2) is 55.8 Å². The number of carbonyl (C=O) groups is 1. The Morgan fingerprint density at radius 1 is 1.07 bits per heavy atom. The standard InChI is InChI=1S/C21H26FN3O3S/c1-3-17-8-10-18(11-9-17)23-21(26)16(2)24-12-14-25(15-13-24)29(27,28)20-7-5-4-6-19(20)22/h4-11,16H,3,12-15H2,1-2H3,(H,23,26). The van der Waals surface area contributed by atoms with E-state index in [-0.39, 0.29) is 23.9 Å². The molecule has 1 aliphatic heterocycles. The Kier molecular flexibility index (Phi) is 6.66. The molecule has 1 heterocycles. The zero-order chi connectivity index (χ0) is 21.0. The van der Waals surface area contributed by atoms with Gasteiger partial charge in [-0.3, -0.25) is 9.69 Å². The number of halogens is 1. The Hall–Kier alpha value is -2.29. The third kappa shape index (κ3) is 4.83. The summed E-state index contributed by atoms with van der Waals surface area (Å²) < 4.78 is 40.6. The largest absolute Gasteiger partial charge is 0.325 e. The van der Waals surface area contributed by atoms with Gasteiger partial charge in [0.1, 0.15) is 10.7 Å². The molecule has 1 aliphatic rings. The van der Waals surface area contributed by atoms with E-state index >= 15 is 0 Å². The Morgan fingerprint density at radius 3 is 2.28 bits per heavy atom. The summed E-state index contributed by atoms with van der Waals surface area (Å²) in [7, 11) is -3.89. The van der Waals surface area contributed by atoms with Crippen LogP contribution in [0.1, 0.15) is 19.4 Å². The molecule has 2 aromatic carbocycles. The van der Waals surface area contributed by atoms with Crippen molar-refractivity contribution in [1.82, 2.24) is 9.21 Å². The zero-order valence-electron chi connectivity index (χ0n) is 16.6. The fourth-order valence-electron chi connectivity index (χ4n) is 3.36. The topological polar surface area (TPSA) is 69.7 Å². The summed E-state index contributed by atoms with van der Waals surface area (Å²) in [5.41, 5.74) is 1.93. The monoisotopic (exact) mass is 419 g/mol. The first-order chi connectivity index (χ1) is 13.8.